The number of ether oxygens (including phenoxy) is 1. The van der Waals surface area contributed by atoms with Gasteiger partial charge in [0.2, 0.25) is 5.91 Å². The maximum atomic E-state index is 12.8. The zero-order valence-electron chi connectivity index (χ0n) is 14.5. The van der Waals surface area contributed by atoms with E-state index in [1.165, 1.54) is 18.1 Å². The predicted octanol–water partition coefficient (Wildman–Crippen LogP) is 3.22. The van der Waals surface area contributed by atoms with Crippen LogP contribution in [0.2, 0.25) is 0 Å². The summed E-state index contributed by atoms with van der Waals surface area (Å²) in [5.74, 6) is 0.231. The van der Waals surface area contributed by atoms with Gasteiger partial charge < -0.3 is 4.74 Å². The first-order valence-corrected chi connectivity index (χ1v) is 10.2. The number of carbonyl (C=O) groups is 1. The third-order valence-corrected chi connectivity index (χ3v) is 6.52. The van der Waals surface area contributed by atoms with E-state index in [4.69, 9.17) is 4.74 Å². The maximum Gasteiger partial charge on any atom is 0.285 e. The molecule has 136 valence electrons. The molecule has 3 rings (SSSR count). The van der Waals surface area contributed by atoms with E-state index in [-0.39, 0.29) is 16.0 Å². The summed E-state index contributed by atoms with van der Waals surface area (Å²) in [6.45, 7) is 3.43. The van der Waals surface area contributed by atoms with Crippen LogP contribution in [0.3, 0.4) is 0 Å². The van der Waals surface area contributed by atoms with Gasteiger partial charge >= 0.3 is 0 Å². The van der Waals surface area contributed by atoms with Crippen molar-refractivity contribution in [2.24, 2.45) is 4.40 Å². The van der Waals surface area contributed by atoms with E-state index in [1.807, 2.05) is 0 Å². The minimum atomic E-state index is -3.95. The van der Waals surface area contributed by atoms with E-state index in [1.54, 1.807) is 56.3 Å². The van der Waals surface area contributed by atoms with Crippen molar-refractivity contribution in [2.45, 2.75) is 24.0 Å². The summed E-state index contributed by atoms with van der Waals surface area (Å²) >= 11 is 1.11. The van der Waals surface area contributed by atoms with Gasteiger partial charge in [-0.1, -0.05) is 42.1 Å². The number of thioether (sulfide) groups is 1. The van der Waals surface area contributed by atoms with Crippen molar-refractivity contribution in [2.75, 3.05) is 12.0 Å². The van der Waals surface area contributed by atoms with E-state index >= 15 is 0 Å². The monoisotopic (exact) mass is 390 g/mol. The molecule has 1 saturated heterocycles. The van der Waals surface area contributed by atoms with Crippen molar-refractivity contribution in [3.63, 3.8) is 0 Å². The van der Waals surface area contributed by atoms with Crippen LogP contribution in [0.1, 0.15) is 12.5 Å². The Balaban J connectivity index is 2.12. The van der Waals surface area contributed by atoms with Crippen LogP contribution < -0.4 is 9.64 Å². The van der Waals surface area contributed by atoms with Crippen LogP contribution in [0.25, 0.3) is 0 Å². The van der Waals surface area contributed by atoms with E-state index < -0.39 is 15.3 Å². The zero-order chi connectivity index (χ0) is 18.9. The molecule has 8 heteroatoms. The Bertz CT molecular complexity index is 986. The Hall–Kier alpha value is -2.32. The highest BCUT2D eigenvalue weighted by molar-refractivity contribution is 8.16. The first-order valence-electron chi connectivity index (χ1n) is 7.89. The molecule has 2 aromatic carbocycles. The normalized spacial score (nSPS) is 19.2. The number of hydrogen-bond donors (Lipinski definition) is 0. The second-order valence-corrected chi connectivity index (χ2v) is 8.60. The summed E-state index contributed by atoms with van der Waals surface area (Å²) in [6.07, 6.45) is 0. The largest absolute Gasteiger partial charge is 0.495 e. The van der Waals surface area contributed by atoms with Crippen molar-refractivity contribution < 1.29 is 17.9 Å². The summed E-state index contributed by atoms with van der Waals surface area (Å²) in [4.78, 5) is 14.1. The lowest BCUT2D eigenvalue weighted by Gasteiger charge is -2.19. The average molecular weight is 390 g/mol. The van der Waals surface area contributed by atoms with Crippen LogP contribution in [0, 0.1) is 6.92 Å². The molecule has 0 aliphatic carbocycles. The van der Waals surface area contributed by atoms with Crippen molar-refractivity contribution in [3.8, 4) is 5.75 Å². The number of sulfonamides is 1. The number of nitrogens with zero attached hydrogens (tertiary/aromatic N) is 2. The van der Waals surface area contributed by atoms with E-state index in [2.05, 4.69) is 4.40 Å². The fourth-order valence-electron chi connectivity index (χ4n) is 2.63. The van der Waals surface area contributed by atoms with Gasteiger partial charge in [0.25, 0.3) is 10.0 Å². The number of rotatable bonds is 4. The number of aryl methyl sites for hydroxylation is 1. The van der Waals surface area contributed by atoms with Crippen LogP contribution in [-0.4, -0.2) is 31.9 Å². The lowest BCUT2D eigenvalue weighted by atomic mass is 10.2. The smallest absolute Gasteiger partial charge is 0.285 e. The Morgan fingerprint density at radius 2 is 1.77 bits per heavy atom. The zero-order valence-corrected chi connectivity index (χ0v) is 16.2. The van der Waals surface area contributed by atoms with Gasteiger partial charge in [-0.3, -0.25) is 9.69 Å². The molecular formula is C18H18N2O4S2. The van der Waals surface area contributed by atoms with Crippen molar-refractivity contribution in [1.29, 1.82) is 0 Å². The number of carbonyl (C=O) groups excluding carboxylic acids is 1. The fourth-order valence-corrected chi connectivity index (χ4v) is 5.03. The molecule has 1 amide bonds. The molecule has 0 unspecified atom stereocenters. The first-order chi connectivity index (χ1) is 12.3. The van der Waals surface area contributed by atoms with Crippen LogP contribution in [0.5, 0.6) is 5.75 Å². The van der Waals surface area contributed by atoms with Gasteiger partial charge in [-0.2, -0.15) is 8.42 Å². The van der Waals surface area contributed by atoms with Crippen LogP contribution in [0.15, 0.2) is 57.8 Å². The second kappa shape index (κ2) is 7.13. The van der Waals surface area contributed by atoms with Crippen LogP contribution in [-0.2, 0) is 14.8 Å². The molecule has 0 N–H and O–H groups in total. The fraction of sp³-hybridized carbons (Fsp3) is 0.222. The molecule has 0 spiro atoms. The number of methoxy groups -OCH3 is 1. The van der Waals surface area contributed by atoms with Gasteiger partial charge in [-0.15, -0.1) is 4.40 Å². The van der Waals surface area contributed by atoms with E-state index in [9.17, 15) is 13.2 Å². The summed E-state index contributed by atoms with van der Waals surface area (Å²) in [5, 5.41) is -0.319. The van der Waals surface area contributed by atoms with Crippen LogP contribution >= 0.6 is 11.8 Å². The molecule has 2 aromatic rings. The lowest BCUT2D eigenvalue weighted by molar-refractivity contribution is -0.116. The first kappa shape index (κ1) is 18.5. The average Bonchev–Trinajstić information content (AvgIpc) is 2.88. The van der Waals surface area contributed by atoms with Gasteiger partial charge in [0.1, 0.15) is 5.75 Å². The summed E-state index contributed by atoms with van der Waals surface area (Å²) < 4.78 is 34.9. The maximum absolute atomic E-state index is 12.8. The van der Waals surface area contributed by atoms with Gasteiger partial charge in [0, 0.05) is 0 Å². The number of amides is 1. The van der Waals surface area contributed by atoms with Crippen molar-refractivity contribution in [3.05, 3.63) is 54.1 Å². The van der Waals surface area contributed by atoms with E-state index in [0.29, 0.717) is 17.0 Å². The minimum absolute atomic E-state index is 0.121. The third kappa shape index (κ3) is 3.34. The quantitative estimate of drug-likeness (QED) is 0.801. The highest BCUT2D eigenvalue weighted by Gasteiger charge is 2.39. The van der Waals surface area contributed by atoms with Crippen LogP contribution in [0.4, 0.5) is 5.69 Å². The molecule has 1 aliphatic heterocycles. The highest BCUT2D eigenvalue weighted by Crippen LogP contribution is 2.37. The van der Waals surface area contributed by atoms with Gasteiger partial charge in [-0.25, -0.2) is 0 Å². The molecule has 0 aromatic heterocycles. The minimum Gasteiger partial charge on any atom is -0.495 e. The van der Waals surface area contributed by atoms with Gasteiger partial charge in [-0.05, 0) is 37.6 Å². The molecule has 1 heterocycles. The lowest BCUT2D eigenvalue weighted by Crippen LogP contribution is -2.32. The predicted molar refractivity (Wildman–Crippen MR) is 103 cm³/mol. The summed E-state index contributed by atoms with van der Waals surface area (Å²) in [5.41, 5.74) is 1.07. The number of anilines is 1. The molecule has 0 saturated carbocycles. The van der Waals surface area contributed by atoms with Crippen molar-refractivity contribution in [1.82, 2.24) is 0 Å². The molecule has 0 radical (unpaired) electrons. The Morgan fingerprint density at radius 3 is 2.46 bits per heavy atom. The SMILES string of the molecule is COc1ccccc1N1C(=O)[C@@H](C)SC1=NS(=O)(=O)c1ccccc1C. The van der Waals surface area contributed by atoms with Gasteiger partial charge in [0.15, 0.2) is 5.17 Å². The summed E-state index contributed by atoms with van der Waals surface area (Å²) in [6, 6.07) is 13.6. The number of hydrogen-bond acceptors (Lipinski definition) is 5. The molecule has 1 aliphatic rings. The number of para-hydroxylation sites is 2. The number of benzene rings is 2. The molecular weight excluding hydrogens is 372 g/mol. The molecule has 26 heavy (non-hydrogen) atoms. The second-order valence-electron chi connectivity index (χ2n) is 5.72. The Morgan fingerprint density at radius 1 is 1.12 bits per heavy atom. The number of amidine groups is 1. The Labute approximate surface area is 156 Å². The summed E-state index contributed by atoms with van der Waals surface area (Å²) in [7, 11) is -2.45. The molecule has 1 fully saturated rings. The molecule has 6 nitrogen and oxygen atoms in total. The highest BCUT2D eigenvalue weighted by atomic mass is 32.2. The third-order valence-electron chi connectivity index (χ3n) is 3.94. The molecule has 0 bridgehead atoms. The Kier molecular flexibility index (Phi) is 5.06. The topological polar surface area (TPSA) is 76.0 Å². The standard InChI is InChI=1S/C18H18N2O4S2/c1-12-8-4-7-11-16(12)26(22,23)19-18-20(17(21)13(2)25-18)14-9-5-6-10-15(14)24-3/h4-11,13H,1-3H3/t13-/m1/s1. The van der Waals surface area contributed by atoms with Gasteiger partial charge in [0.05, 0.1) is 22.9 Å². The van der Waals surface area contributed by atoms with Crippen molar-refractivity contribution >= 4 is 38.5 Å². The van der Waals surface area contributed by atoms with E-state index in [0.717, 1.165) is 11.8 Å². The molecule has 1 atom stereocenters.